The summed E-state index contributed by atoms with van der Waals surface area (Å²) in [5.74, 6) is 1.45. The Hall–Kier alpha value is -2.70. The van der Waals surface area contributed by atoms with Gasteiger partial charge in [-0.2, -0.15) is 0 Å². The van der Waals surface area contributed by atoms with Gasteiger partial charge >= 0.3 is 0 Å². The molecule has 36 heavy (non-hydrogen) atoms. The number of Topliss-reactive ketones (excluding diaryl/α,β-unsaturated/α-hetero) is 2. The number of carbonyl (C=O) groups is 4. The molecular weight excluding hydrogens is 456 g/mol. The smallest absolute Gasteiger partial charge is 0.259 e. The van der Waals surface area contributed by atoms with E-state index in [4.69, 9.17) is 0 Å². The van der Waals surface area contributed by atoms with Crippen LogP contribution in [0.15, 0.2) is 35.6 Å². The van der Waals surface area contributed by atoms with Crippen LogP contribution in [0, 0.1) is 47.3 Å². The van der Waals surface area contributed by atoms with Gasteiger partial charge in [-0.15, -0.1) is 0 Å². The maximum absolute atomic E-state index is 13.5. The number of carbonyl (C=O) groups excluding carboxylic acids is 4. The number of hydrogen-bond donors (Lipinski definition) is 3. The van der Waals surface area contributed by atoms with Crippen molar-refractivity contribution < 1.29 is 24.3 Å². The second kappa shape index (κ2) is 9.98. The lowest BCUT2D eigenvalue weighted by Crippen LogP contribution is -2.41. The zero-order valence-corrected chi connectivity index (χ0v) is 21.2. The van der Waals surface area contributed by atoms with Crippen LogP contribution in [0.3, 0.4) is 0 Å². The van der Waals surface area contributed by atoms with Gasteiger partial charge in [-0.25, -0.2) is 0 Å². The van der Waals surface area contributed by atoms with Crippen molar-refractivity contribution >= 4 is 23.4 Å². The van der Waals surface area contributed by atoms with E-state index in [1.54, 1.807) is 6.08 Å². The largest absolute Gasteiger partial charge is 0.507 e. The zero-order valence-electron chi connectivity index (χ0n) is 21.2. The molecule has 194 valence electrons. The van der Waals surface area contributed by atoms with E-state index in [1.807, 2.05) is 12.2 Å². The molecule has 5 aliphatic rings. The Morgan fingerprint density at radius 1 is 1.08 bits per heavy atom. The van der Waals surface area contributed by atoms with E-state index >= 15 is 0 Å². The van der Waals surface area contributed by atoms with Gasteiger partial charge in [-0.05, 0) is 85.7 Å². The van der Waals surface area contributed by atoms with Crippen molar-refractivity contribution in [2.45, 2.75) is 64.8 Å². The number of aliphatic hydroxyl groups is 1. The summed E-state index contributed by atoms with van der Waals surface area (Å²) < 4.78 is 0. The summed E-state index contributed by atoms with van der Waals surface area (Å²) in [6, 6.07) is -0.694. The molecular formula is C29H38N2O5. The maximum atomic E-state index is 13.5. The van der Waals surface area contributed by atoms with Crippen LogP contribution < -0.4 is 10.6 Å². The lowest BCUT2D eigenvalue weighted by Gasteiger charge is -2.40. The Morgan fingerprint density at radius 2 is 1.89 bits per heavy atom. The first-order valence-corrected chi connectivity index (χ1v) is 13.7. The summed E-state index contributed by atoms with van der Waals surface area (Å²) in [6.07, 6.45) is 12.2. The molecule has 2 aliphatic heterocycles. The molecule has 7 heteroatoms. The van der Waals surface area contributed by atoms with Gasteiger partial charge in [0.15, 0.2) is 5.78 Å². The summed E-state index contributed by atoms with van der Waals surface area (Å²) in [7, 11) is 0. The molecule has 0 aromatic carbocycles. The molecule has 7 nitrogen and oxygen atoms in total. The van der Waals surface area contributed by atoms with Gasteiger partial charge in [-0.3, -0.25) is 19.2 Å². The molecule has 0 spiro atoms. The third kappa shape index (κ3) is 4.35. The third-order valence-corrected chi connectivity index (χ3v) is 9.88. The zero-order chi connectivity index (χ0) is 25.6. The van der Waals surface area contributed by atoms with E-state index in [2.05, 4.69) is 24.5 Å². The van der Waals surface area contributed by atoms with Crippen molar-refractivity contribution in [1.82, 2.24) is 10.6 Å². The van der Waals surface area contributed by atoms with Crippen LogP contribution >= 0.6 is 0 Å². The van der Waals surface area contributed by atoms with Gasteiger partial charge in [0.05, 0.1) is 6.04 Å². The quantitative estimate of drug-likeness (QED) is 0.484. The molecule has 9 unspecified atom stereocenters. The molecule has 2 bridgehead atoms. The predicted molar refractivity (Wildman–Crippen MR) is 134 cm³/mol. The maximum Gasteiger partial charge on any atom is 0.259 e. The molecule has 1 saturated heterocycles. The van der Waals surface area contributed by atoms with Gasteiger partial charge in [0, 0.05) is 18.9 Å². The van der Waals surface area contributed by atoms with Crippen molar-refractivity contribution in [2.75, 3.05) is 6.54 Å². The van der Waals surface area contributed by atoms with Crippen LogP contribution in [0.25, 0.3) is 0 Å². The standard InChI is InChI=1S/C29H38N2O5/c1-3-16-12-18-13-20-19-6-4-8-24(34)30-11-5-7-21-28(35)27(29(36)31-21)22(32)10-9-17(19)14-23(33)26(20)25(18)15(16)2/h4,8-10,15-21,25-26,32H,3,5-7,11-14H2,1-2H3,(H,30,34)(H,31,36)/b8-4-,10-9+,27-22-. The number of allylic oxidation sites excluding steroid dienone is 3. The van der Waals surface area contributed by atoms with Crippen molar-refractivity contribution in [3.8, 4) is 0 Å². The topological polar surface area (TPSA) is 113 Å². The summed E-state index contributed by atoms with van der Waals surface area (Å²) >= 11 is 0. The number of aliphatic hydroxyl groups excluding tert-OH is 1. The second-order valence-electron chi connectivity index (χ2n) is 11.6. The average Bonchev–Trinajstić information content (AvgIpc) is 3.46. The summed E-state index contributed by atoms with van der Waals surface area (Å²) in [5.41, 5.74) is -0.210. The van der Waals surface area contributed by atoms with Gasteiger partial charge in [0.2, 0.25) is 5.91 Å². The molecule has 0 aromatic rings. The molecule has 5 rings (SSSR count). The highest BCUT2D eigenvalue weighted by Crippen LogP contribution is 2.61. The summed E-state index contributed by atoms with van der Waals surface area (Å²) in [6.45, 7) is 4.98. The van der Waals surface area contributed by atoms with Crippen LogP contribution in [0.4, 0.5) is 0 Å². The van der Waals surface area contributed by atoms with E-state index in [1.165, 1.54) is 12.5 Å². The van der Waals surface area contributed by atoms with Crippen LogP contribution in [-0.4, -0.2) is 41.1 Å². The van der Waals surface area contributed by atoms with Gasteiger partial charge in [0.1, 0.15) is 17.1 Å². The number of ketones is 2. The Morgan fingerprint density at radius 3 is 2.67 bits per heavy atom. The molecule has 2 amide bonds. The minimum Gasteiger partial charge on any atom is -0.507 e. The van der Waals surface area contributed by atoms with E-state index in [0.29, 0.717) is 61.7 Å². The SMILES string of the molecule is CCC1CC2CC3C4C/C=C\C(=O)NCCCC5NC(=O)/C(=C(O)/C=C/C4CC(=O)C3C2C1C)C5=O. The highest BCUT2D eigenvalue weighted by atomic mass is 16.3. The Labute approximate surface area is 212 Å². The Balaban J connectivity index is 1.46. The molecule has 2 heterocycles. The molecule has 0 aromatic heterocycles. The molecule has 3 N–H and O–H groups in total. The fourth-order valence-corrected chi connectivity index (χ4v) is 8.22. The Kier molecular flexibility index (Phi) is 6.92. The number of amides is 2. The van der Waals surface area contributed by atoms with E-state index < -0.39 is 17.7 Å². The number of hydrogen-bond acceptors (Lipinski definition) is 5. The fourth-order valence-electron chi connectivity index (χ4n) is 8.22. The molecule has 0 radical (unpaired) electrons. The molecule has 3 aliphatic carbocycles. The minimum atomic E-state index is -0.694. The molecule has 4 fully saturated rings. The molecule has 9 atom stereocenters. The minimum absolute atomic E-state index is 0.0684. The first-order valence-electron chi connectivity index (χ1n) is 13.7. The van der Waals surface area contributed by atoms with E-state index in [0.717, 1.165) is 12.8 Å². The first-order chi connectivity index (χ1) is 17.3. The highest BCUT2D eigenvalue weighted by Gasteiger charge is 2.58. The lowest BCUT2D eigenvalue weighted by molar-refractivity contribution is -0.131. The van der Waals surface area contributed by atoms with Crippen LogP contribution in [-0.2, 0) is 19.2 Å². The van der Waals surface area contributed by atoms with E-state index in [-0.39, 0.29) is 40.9 Å². The summed E-state index contributed by atoms with van der Waals surface area (Å²) in [5, 5.41) is 16.2. The highest BCUT2D eigenvalue weighted by molar-refractivity contribution is 6.27. The van der Waals surface area contributed by atoms with Gasteiger partial charge in [-0.1, -0.05) is 32.4 Å². The van der Waals surface area contributed by atoms with Gasteiger partial charge < -0.3 is 15.7 Å². The average molecular weight is 495 g/mol. The second-order valence-corrected chi connectivity index (χ2v) is 11.6. The van der Waals surface area contributed by atoms with E-state index in [9.17, 15) is 24.3 Å². The first kappa shape index (κ1) is 25.0. The van der Waals surface area contributed by atoms with Crippen molar-refractivity contribution in [3.63, 3.8) is 0 Å². The van der Waals surface area contributed by atoms with Gasteiger partial charge in [0.25, 0.3) is 5.91 Å². The Bertz CT molecular complexity index is 1040. The number of nitrogens with one attached hydrogen (secondary N) is 2. The summed E-state index contributed by atoms with van der Waals surface area (Å²) in [4.78, 5) is 51.1. The van der Waals surface area contributed by atoms with Crippen molar-refractivity contribution in [1.29, 1.82) is 0 Å². The van der Waals surface area contributed by atoms with Crippen molar-refractivity contribution in [3.05, 3.63) is 35.6 Å². The lowest BCUT2D eigenvalue weighted by atomic mass is 9.63. The number of fused-ring (bicyclic) bond motifs is 7. The third-order valence-electron chi connectivity index (χ3n) is 9.88. The number of rotatable bonds is 1. The monoisotopic (exact) mass is 494 g/mol. The van der Waals surface area contributed by atoms with Crippen LogP contribution in [0.2, 0.25) is 0 Å². The molecule has 3 saturated carbocycles. The van der Waals surface area contributed by atoms with Crippen LogP contribution in [0.5, 0.6) is 0 Å². The predicted octanol–water partition coefficient (Wildman–Crippen LogP) is 3.42. The van der Waals surface area contributed by atoms with Crippen LogP contribution in [0.1, 0.15) is 58.8 Å². The fraction of sp³-hybridized carbons (Fsp3) is 0.655. The normalized spacial score (nSPS) is 44.9. The van der Waals surface area contributed by atoms with Crippen molar-refractivity contribution in [2.24, 2.45) is 47.3 Å².